The molecule has 0 spiro atoms. The summed E-state index contributed by atoms with van der Waals surface area (Å²) in [7, 11) is 1.67. The summed E-state index contributed by atoms with van der Waals surface area (Å²) in [6.07, 6.45) is 0. The first-order valence-electron chi connectivity index (χ1n) is 6.83. The fraction of sp³-hybridized carbons (Fsp3) is 0.250. The van der Waals surface area contributed by atoms with Gasteiger partial charge in [-0.3, -0.25) is 0 Å². The Hall–Kier alpha value is -2.14. The van der Waals surface area contributed by atoms with Crippen molar-refractivity contribution in [1.29, 1.82) is 0 Å². The highest BCUT2D eigenvalue weighted by Gasteiger charge is 2.16. The van der Waals surface area contributed by atoms with E-state index in [1.807, 2.05) is 24.3 Å². The Kier molecular flexibility index (Phi) is 3.75. The minimum atomic E-state index is 0.231. The van der Waals surface area contributed by atoms with Crippen LogP contribution in [0.15, 0.2) is 41.1 Å². The third-order valence-electron chi connectivity index (χ3n) is 3.25. The van der Waals surface area contributed by atoms with Crippen LogP contribution in [-0.4, -0.2) is 22.1 Å². The highest BCUT2D eigenvalue weighted by atomic mass is 32.1. The Bertz CT molecular complexity index is 715. The molecule has 5 heteroatoms. The van der Waals surface area contributed by atoms with Crippen LogP contribution in [0, 0.1) is 0 Å². The first-order valence-corrected chi connectivity index (χ1v) is 7.77. The average Bonchev–Trinajstić information content (AvgIpc) is 3.16. The monoisotopic (exact) mass is 299 g/mol. The molecule has 1 aromatic carbocycles. The summed E-state index contributed by atoms with van der Waals surface area (Å²) in [6.45, 7) is 4.16. The topological polar surface area (TPSA) is 39.9 Å². The first-order chi connectivity index (χ1) is 10.2. The van der Waals surface area contributed by atoms with Crippen LogP contribution in [-0.2, 0) is 0 Å². The van der Waals surface area contributed by atoms with E-state index in [9.17, 15) is 0 Å². The number of thiophene rings is 1. The second kappa shape index (κ2) is 5.69. The predicted octanol–water partition coefficient (Wildman–Crippen LogP) is 4.26. The minimum Gasteiger partial charge on any atom is -0.497 e. The van der Waals surface area contributed by atoms with Crippen molar-refractivity contribution in [3.05, 3.63) is 41.1 Å². The van der Waals surface area contributed by atoms with Crippen LogP contribution < -0.4 is 4.74 Å². The van der Waals surface area contributed by atoms with Crippen molar-refractivity contribution < 1.29 is 4.74 Å². The predicted molar refractivity (Wildman–Crippen MR) is 85.7 cm³/mol. The molecule has 3 aromatic rings. The second-order valence-corrected chi connectivity index (χ2v) is 5.83. The van der Waals surface area contributed by atoms with E-state index in [0.29, 0.717) is 0 Å². The largest absolute Gasteiger partial charge is 0.497 e. The van der Waals surface area contributed by atoms with E-state index in [1.54, 1.807) is 23.2 Å². The molecule has 0 N–H and O–H groups in total. The molecule has 108 valence electrons. The Morgan fingerprint density at radius 1 is 1.00 bits per heavy atom. The third-order valence-corrected chi connectivity index (χ3v) is 3.93. The van der Waals surface area contributed by atoms with E-state index in [1.165, 1.54) is 0 Å². The van der Waals surface area contributed by atoms with Gasteiger partial charge in [0.05, 0.1) is 13.2 Å². The molecule has 4 nitrogen and oxygen atoms in total. The number of benzene rings is 1. The lowest BCUT2D eigenvalue weighted by molar-refractivity contribution is 0.415. The summed E-state index contributed by atoms with van der Waals surface area (Å²) in [5, 5.41) is 13.5. The fourth-order valence-electron chi connectivity index (χ4n) is 2.09. The maximum absolute atomic E-state index is 5.21. The van der Waals surface area contributed by atoms with Gasteiger partial charge in [0.1, 0.15) is 17.1 Å². The Morgan fingerprint density at radius 3 is 2.19 bits per heavy atom. The molecule has 2 aromatic heterocycles. The van der Waals surface area contributed by atoms with Crippen LogP contribution in [0.1, 0.15) is 19.9 Å². The molecule has 0 atom stereocenters. The Balaban J connectivity index is 2.11. The summed E-state index contributed by atoms with van der Waals surface area (Å²) in [6, 6.07) is 10.2. The lowest BCUT2D eigenvalue weighted by Crippen LogP contribution is -2.04. The number of hydrogen-bond donors (Lipinski definition) is 0. The van der Waals surface area contributed by atoms with Gasteiger partial charge in [0.2, 0.25) is 0 Å². The molecule has 0 radical (unpaired) electrons. The summed E-state index contributed by atoms with van der Waals surface area (Å²) in [5.74, 6) is 0.840. The van der Waals surface area contributed by atoms with Crippen LogP contribution in [0.2, 0.25) is 0 Å². The fourth-order valence-corrected chi connectivity index (χ4v) is 2.73. The van der Waals surface area contributed by atoms with Crippen molar-refractivity contribution >= 4 is 11.3 Å². The van der Waals surface area contributed by atoms with Gasteiger partial charge in [0, 0.05) is 16.5 Å². The molecule has 3 rings (SSSR count). The van der Waals surface area contributed by atoms with Crippen molar-refractivity contribution in [3.8, 4) is 28.3 Å². The van der Waals surface area contributed by atoms with E-state index in [2.05, 4.69) is 40.9 Å². The molecule has 0 aliphatic rings. The lowest BCUT2D eigenvalue weighted by atomic mass is 10.1. The van der Waals surface area contributed by atoms with Crippen LogP contribution in [0.5, 0.6) is 5.75 Å². The normalized spacial score (nSPS) is 11.0. The highest BCUT2D eigenvalue weighted by molar-refractivity contribution is 7.08. The quantitative estimate of drug-likeness (QED) is 0.722. The summed E-state index contributed by atoms with van der Waals surface area (Å²) < 4.78 is 5.21. The zero-order valence-corrected chi connectivity index (χ0v) is 13.1. The number of hydrogen-bond acceptors (Lipinski definition) is 4. The van der Waals surface area contributed by atoms with Crippen LogP contribution in [0.4, 0.5) is 0 Å². The lowest BCUT2D eigenvalue weighted by Gasteiger charge is -2.02. The molecule has 0 aliphatic carbocycles. The SMILES string of the molecule is COc1ccc(-c2nn(C(C)C)nc2-c2ccsc2)cc1. The zero-order valence-electron chi connectivity index (χ0n) is 12.3. The summed E-state index contributed by atoms with van der Waals surface area (Å²) >= 11 is 1.67. The van der Waals surface area contributed by atoms with Gasteiger partial charge < -0.3 is 4.74 Å². The number of nitrogens with zero attached hydrogens (tertiary/aromatic N) is 3. The van der Waals surface area contributed by atoms with E-state index >= 15 is 0 Å². The number of rotatable bonds is 4. The van der Waals surface area contributed by atoms with Gasteiger partial charge >= 0.3 is 0 Å². The van der Waals surface area contributed by atoms with E-state index in [4.69, 9.17) is 4.74 Å². The van der Waals surface area contributed by atoms with Crippen molar-refractivity contribution in [2.75, 3.05) is 7.11 Å². The second-order valence-electron chi connectivity index (χ2n) is 5.05. The van der Waals surface area contributed by atoms with Gasteiger partial charge in [-0.05, 0) is 49.6 Å². The van der Waals surface area contributed by atoms with Gasteiger partial charge in [0.15, 0.2) is 0 Å². The minimum absolute atomic E-state index is 0.231. The summed E-state index contributed by atoms with van der Waals surface area (Å²) in [4.78, 5) is 1.77. The standard InChI is InChI=1S/C16H17N3OS/c1-11(2)19-17-15(12-4-6-14(20-3)7-5-12)16(18-19)13-8-9-21-10-13/h4-11H,1-3H3. The van der Waals surface area contributed by atoms with Crippen molar-refractivity contribution in [1.82, 2.24) is 15.0 Å². The maximum atomic E-state index is 5.21. The molecule has 21 heavy (non-hydrogen) atoms. The summed E-state index contributed by atoms with van der Waals surface area (Å²) in [5.41, 5.74) is 3.99. The molecule has 0 bridgehead atoms. The van der Waals surface area contributed by atoms with Crippen molar-refractivity contribution in [3.63, 3.8) is 0 Å². The maximum Gasteiger partial charge on any atom is 0.121 e. The van der Waals surface area contributed by atoms with Gasteiger partial charge in [-0.1, -0.05) is 0 Å². The van der Waals surface area contributed by atoms with Crippen LogP contribution in [0.3, 0.4) is 0 Å². The number of methoxy groups -OCH3 is 1. The molecule has 0 amide bonds. The molecular formula is C16H17N3OS. The molecule has 0 aliphatic heterocycles. The molecule has 0 unspecified atom stereocenters. The van der Waals surface area contributed by atoms with Gasteiger partial charge in [-0.15, -0.1) is 0 Å². The molecule has 2 heterocycles. The molecule has 0 fully saturated rings. The number of aromatic nitrogens is 3. The smallest absolute Gasteiger partial charge is 0.121 e. The zero-order chi connectivity index (χ0) is 14.8. The number of ether oxygens (including phenoxy) is 1. The first kappa shape index (κ1) is 13.8. The van der Waals surface area contributed by atoms with Crippen molar-refractivity contribution in [2.45, 2.75) is 19.9 Å². The van der Waals surface area contributed by atoms with Gasteiger partial charge in [-0.2, -0.15) is 26.3 Å². The van der Waals surface area contributed by atoms with Crippen LogP contribution in [0.25, 0.3) is 22.5 Å². The molecular weight excluding hydrogens is 282 g/mol. The molecule has 0 saturated carbocycles. The van der Waals surface area contributed by atoms with Crippen LogP contribution >= 0.6 is 11.3 Å². The Labute approximate surface area is 128 Å². The van der Waals surface area contributed by atoms with E-state index < -0.39 is 0 Å². The van der Waals surface area contributed by atoms with E-state index in [-0.39, 0.29) is 6.04 Å². The molecule has 0 saturated heterocycles. The highest BCUT2D eigenvalue weighted by Crippen LogP contribution is 2.31. The van der Waals surface area contributed by atoms with Crippen molar-refractivity contribution in [2.24, 2.45) is 0 Å². The van der Waals surface area contributed by atoms with E-state index in [0.717, 1.165) is 28.3 Å². The third kappa shape index (κ3) is 2.69. The Morgan fingerprint density at radius 2 is 1.67 bits per heavy atom. The van der Waals surface area contributed by atoms with Gasteiger partial charge in [0.25, 0.3) is 0 Å². The van der Waals surface area contributed by atoms with Gasteiger partial charge in [-0.25, -0.2) is 0 Å². The average molecular weight is 299 g/mol.